The van der Waals surface area contributed by atoms with Gasteiger partial charge in [-0.3, -0.25) is 52.7 Å². The number of imidazole rings is 1. The third-order valence-electron chi connectivity index (χ3n) is 14.5. The average molecular weight is 1290 g/mol. The van der Waals surface area contributed by atoms with Crippen molar-refractivity contribution in [2.45, 2.75) is 125 Å². The van der Waals surface area contributed by atoms with Gasteiger partial charge in [0.1, 0.15) is 54.1 Å². The number of hydrogen-bond acceptors (Lipinski definition) is 17. The van der Waals surface area contributed by atoms with Crippen molar-refractivity contribution in [3.05, 3.63) is 156 Å². The average Bonchev–Trinajstić information content (AvgIpc) is 1.79. The number of amides is 11. The summed E-state index contributed by atoms with van der Waals surface area (Å²) in [6.45, 7) is 1.32. The summed E-state index contributed by atoms with van der Waals surface area (Å²) in [6, 6.07) is 15.1. The SMILES string of the molecule is C[C@@H](O)[C@H](NC(=O)CNC(=O)[C@H](Cc1cnc[nH]1)NC(=O)[C@H](Cc1c[nH]c2ccccc12)NC(=O)[C@H](CC(N)=O)NC(=O)[C@@H](NC(=O)[C@H](Cc1ccccc1)NC(=O)[C@H](Cc1ccc(O)cc1)NC(=O)[C@@H](N)Cc1ccccc1)[C@@H](C)O)C(=O)N[C@@H](CC(N)=O)C(=O)O. The molecule has 4 aromatic carbocycles. The standard InChI is InChI=1S/C62H75N15O16/c1-32(78)52(60(90)75-48(62(92)93)27-50(65)82)76-51(83)30-68-55(85)46(25-38-29-66-31-69-38)73-57(87)45(24-37-28-67-42-16-10-9-15-40(37)42)72-58(88)47(26-49(64)81)74-61(91)53(33(2)79)77-59(89)44(22-35-13-7-4-8-14-35)71-56(86)43(23-36-17-19-39(80)20-18-36)70-54(84)41(63)21-34-11-5-3-6-12-34/h3-20,28-29,31-33,41,43-48,52-53,67,78-80H,21-27,30,63H2,1-2H3,(H2,64,81)(H2,65,82)(H,66,69)(H,68,85)(H,70,84)(H,71,86)(H,72,88)(H,73,87)(H,74,91)(H,75,90)(H,76,83)(H,77,89)(H,92,93)/t32-,33-,41+,43+,44+,45+,46+,47+,48+,52+,53+/m1/s1. The predicted octanol–water partition coefficient (Wildman–Crippen LogP) is -3.97. The maximum absolute atomic E-state index is 14.7. The second kappa shape index (κ2) is 34.2. The summed E-state index contributed by atoms with van der Waals surface area (Å²) in [5.74, 6) is -13.4. The number of fused-ring (bicyclic) bond motifs is 1. The molecule has 0 saturated heterocycles. The molecule has 0 fully saturated rings. The van der Waals surface area contributed by atoms with Gasteiger partial charge in [0.15, 0.2) is 0 Å². The molecule has 0 aliphatic heterocycles. The molecule has 2 heterocycles. The highest BCUT2D eigenvalue weighted by Crippen LogP contribution is 2.20. The van der Waals surface area contributed by atoms with Crippen LogP contribution in [-0.2, 0) is 89.6 Å². The quantitative estimate of drug-likeness (QED) is 0.0180. The minimum atomic E-state index is -1.93. The number of nitrogens with two attached hydrogens (primary N) is 3. The van der Waals surface area contributed by atoms with Gasteiger partial charge in [-0.1, -0.05) is 91.0 Å². The Morgan fingerprint density at radius 3 is 1.47 bits per heavy atom. The van der Waals surface area contributed by atoms with Gasteiger partial charge in [-0.25, -0.2) is 9.78 Å². The summed E-state index contributed by atoms with van der Waals surface area (Å²) >= 11 is 0. The van der Waals surface area contributed by atoms with Crippen LogP contribution in [0.2, 0.25) is 0 Å². The van der Waals surface area contributed by atoms with Crippen molar-refractivity contribution in [1.82, 2.24) is 62.8 Å². The smallest absolute Gasteiger partial charge is 0.326 e. The number of carbonyl (C=O) groups excluding carboxylic acids is 11. The van der Waals surface area contributed by atoms with Crippen LogP contribution in [-0.4, -0.2) is 179 Å². The fourth-order valence-corrected chi connectivity index (χ4v) is 9.66. The summed E-state index contributed by atoms with van der Waals surface area (Å²) in [5, 5.41) is 63.2. The first-order chi connectivity index (χ1) is 44.2. The highest BCUT2D eigenvalue weighted by Gasteiger charge is 2.37. The fourth-order valence-electron chi connectivity index (χ4n) is 9.66. The van der Waals surface area contributed by atoms with Gasteiger partial charge >= 0.3 is 5.97 Å². The molecule has 93 heavy (non-hydrogen) atoms. The fraction of sp³-hybridized carbons (Fsp3) is 0.339. The van der Waals surface area contributed by atoms with Gasteiger partial charge < -0.3 is 95.4 Å². The Labute approximate surface area is 531 Å². The predicted molar refractivity (Wildman–Crippen MR) is 331 cm³/mol. The van der Waals surface area contributed by atoms with E-state index in [1.54, 1.807) is 91.1 Å². The molecule has 0 unspecified atom stereocenters. The number of aliphatic carboxylic acids is 1. The summed E-state index contributed by atoms with van der Waals surface area (Å²) in [7, 11) is 0. The summed E-state index contributed by atoms with van der Waals surface area (Å²) in [6.07, 6.45) is -1.91. The van der Waals surface area contributed by atoms with Crippen molar-refractivity contribution < 1.29 is 78.0 Å². The molecule has 6 aromatic rings. The molecule has 31 nitrogen and oxygen atoms in total. The number of benzene rings is 4. The van der Waals surface area contributed by atoms with Gasteiger partial charge in [0.05, 0.1) is 44.0 Å². The van der Waals surface area contributed by atoms with Crippen LogP contribution < -0.4 is 65.1 Å². The lowest BCUT2D eigenvalue weighted by Gasteiger charge is -2.28. The number of primary amides is 2. The van der Waals surface area contributed by atoms with E-state index >= 15 is 0 Å². The van der Waals surface area contributed by atoms with Crippen molar-refractivity contribution in [3.8, 4) is 5.75 Å². The maximum Gasteiger partial charge on any atom is 0.326 e. The molecule has 0 radical (unpaired) electrons. The number of aromatic hydroxyl groups is 1. The number of carboxylic acid groups (broad SMARTS) is 1. The molecular weight excluding hydrogens is 1210 g/mol. The zero-order valence-electron chi connectivity index (χ0n) is 50.5. The number of phenolic OH excluding ortho intramolecular Hbond substituents is 1. The topological polar surface area (TPSA) is 517 Å². The molecule has 11 amide bonds. The Morgan fingerprint density at radius 2 is 0.935 bits per heavy atom. The number of hydrogen-bond donors (Lipinski definition) is 18. The van der Waals surface area contributed by atoms with Crippen LogP contribution in [0.25, 0.3) is 10.9 Å². The number of H-pyrrole nitrogens is 2. The lowest BCUT2D eigenvalue weighted by Crippen LogP contribution is -2.62. The second-order valence-electron chi connectivity index (χ2n) is 22.0. The molecule has 2 aromatic heterocycles. The minimum absolute atomic E-state index is 0.0688. The van der Waals surface area contributed by atoms with Crippen LogP contribution in [0.1, 0.15) is 54.6 Å². The Balaban J connectivity index is 1.22. The van der Waals surface area contributed by atoms with Crippen LogP contribution in [0.15, 0.2) is 128 Å². The zero-order valence-corrected chi connectivity index (χ0v) is 50.5. The molecule has 494 valence electrons. The van der Waals surface area contributed by atoms with Crippen LogP contribution in [0.4, 0.5) is 0 Å². The van der Waals surface area contributed by atoms with Crippen LogP contribution >= 0.6 is 0 Å². The molecule has 0 aliphatic rings. The van der Waals surface area contributed by atoms with E-state index in [-0.39, 0.29) is 43.5 Å². The van der Waals surface area contributed by atoms with Gasteiger partial charge in [0.25, 0.3) is 0 Å². The molecule has 31 heteroatoms. The van der Waals surface area contributed by atoms with Gasteiger partial charge in [0, 0.05) is 54.7 Å². The van der Waals surface area contributed by atoms with E-state index in [4.69, 9.17) is 17.2 Å². The maximum atomic E-state index is 14.7. The van der Waals surface area contributed by atoms with E-state index in [0.29, 0.717) is 27.6 Å². The first-order valence-corrected chi connectivity index (χ1v) is 29.2. The summed E-state index contributed by atoms with van der Waals surface area (Å²) in [4.78, 5) is 172. The van der Waals surface area contributed by atoms with Crippen LogP contribution in [0.3, 0.4) is 0 Å². The van der Waals surface area contributed by atoms with E-state index in [0.717, 1.165) is 19.4 Å². The lowest BCUT2D eigenvalue weighted by atomic mass is 10.0. The monoisotopic (exact) mass is 1290 g/mol. The Kier molecular flexibility index (Phi) is 26.1. The van der Waals surface area contributed by atoms with E-state index in [1.807, 2.05) is 5.32 Å². The van der Waals surface area contributed by atoms with E-state index in [9.17, 15) is 78.0 Å². The van der Waals surface area contributed by atoms with E-state index in [2.05, 4.69) is 57.5 Å². The Morgan fingerprint density at radius 1 is 0.484 bits per heavy atom. The second-order valence-corrected chi connectivity index (χ2v) is 22.0. The molecule has 0 bridgehead atoms. The van der Waals surface area contributed by atoms with Gasteiger partial charge in [-0.05, 0) is 60.7 Å². The summed E-state index contributed by atoms with van der Waals surface area (Å²) in [5.41, 5.74) is 20.1. The van der Waals surface area contributed by atoms with Crippen molar-refractivity contribution in [2.24, 2.45) is 17.2 Å². The van der Waals surface area contributed by atoms with E-state index in [1.165, 1.54) is 36.8 Å². The third kappa shape index (κ3) is 22.1. The van der Waals surface area contributed by atoms with Crippen LogP contribution in [0.5, 0.6) is 5.75 Å². The number of aromatic amines is 2. The molecule has 0 saturated carbocycles. The highest BCUT2D eigenvalue weighted by atomic mass is 16.4. The molecule has 0 aliphatic carbocycles. The third-order valence-corrected chi connectivity index (χ3v) is 14.5. The van der Waals surface area contributed by atoms with E-state index < -0.39 is 157 Å². The number of aliphatic hydroxyl groups is 2. The van der Waals surface area contributed by atoms with Gasteiger partial charge in [-0.15, -0.1) is 0 Å². The number of para-hydroxylation sites is 1. The number of aliphatic hydroxyl groups excluding tert-OH is 2. The molecule has 0 spiro atoms. The number of nitrogens with zero attached hydrogens (tertiary/aromatic N) is 1. The molecule has 21 N–H and O–H groups in total. The molecule has 6 rings (SSSR count). The first kappa shape index (κ1) is 71.0. The number of carboxylic acids is 1. The van der Waals surface area contributed by atoms with Gasteiger partial charge in [-0.2, -0.15) is 0 Å². The van der Waals surface area contributed by atoms with Crippen LogP contribution in [0, 0.1) is 0 Å². The zero-order chi connectivity index (χ0) is 67.9. The van der Waals surface area contributed by atoms with Crippen molar-refractivity contribution in [2.75, 3.05) is 6.54 Å². The largest absolute Gasteiger partial charge is 0.508 e. The van der Waals surface area contributed by atoms with Gasteiger partial charge in [0.2, 0.25) is 65.0 Å². The normalized spacial score (nSPS) is 14.6. The first-order valence-electron chi connectivity index (χ1n) is 29.2. The lowest BCUT2D eigenvalue weighted by molar-refractivity contribution is -0.144. The number of rotatable bonds is 35. The number of aromatic nitrogens is 3. The van der Waals surface area contributed by atoms with Crippen molar-refractivity contribution >= 4 is 81.9 Å². The van der Waals surface area contributed by atoms with Crippen molar-refractivity contribution in [1.29, 1.82) is 0 Å². The summed E-state index contributed by atoms with van der Waals surface area (Å²) < 4.78 is 0. The highest BCUT2D eigenvalue weighted by molar-refractivity contribution is 6.00. The number of phenols is 1. The minimum Gasteiger partial charge on any atom is -0.508 e. The number of carbonyl (C=O) groups is 12. The number of nitrogens with one attached hydrogen (secondary N) is 11. The Bertz CT molecular complexity index is 3590. The van der Waals surface area contributed by atoms with Crippen molar-refractivity contribution in [3.63, 3.8) is 0 Å². The molecular formula is C62H75N15O16. The Hall–Kier alpha value is -11.1. The molecule has 11 atom stereocenters.